The Bertz CT molecular complexity index is 2710. The number of nitrogens with zero attached hydrogens (tertiary/aromatic N) is 1. The Balaban J connectivity index is 1.18. The third-order valence-corrected chi connectivity index (χ3v) is 11.5. The second kappa shape index (κ2) is 10.4. The van der Waals surface area contributed by atoms with Crippen LogP contribution in [0.2, 0.25) is 0 Å². The maximum atomic E-state index is 7.35. The molecule has 3 aliphatic rings. The fourth-order valence-corrected chi connectivity index (χ4v) is 9.64. The molecule has 234 valence electrons. The predicted molar refractivity (Wildman–Crippen MR) is 205 cm³/mol. The Labute approximate surface area is 290 Å². The van der Waals surface area contributed by atoms with Crippen LogP contribution in [-0.4, -0.2) is 4.98 Å². The van der Waals surface area contributed by atoms with Gasteiger partial charge in [-0.05, 0) is 67.2 Å². The lowest BCUT2D eigenvalue weighted by Crippen LogP contribution is -2.32. The van der Waals surface area contributed by atoms with E-state index in [0.717, 1.165) is 33.0 Å². The Morgan fingerprint density at radius 1 is 0.500 bits per heavy atom. The van der Waals surface area contributed by atoms with Crippen molar-refractivity contribution in [1.82, 2.24) is 4.98 Å². The second-order valence-electron chi connectivity index (χ2n) is 13.7. The maximum Gasteiger partial charge on any atom is 0.143 e. The minimum absolute atomic E-state index is 0.273. The number of ether oxygens (including phenoxy) is 1. The van der Waals surface area contributed by atoms with Gasteiger partial charge in [0.2, 0.25) is 0 Å². The highest BCUT2D eigenvalue weighted by atomic mass is 16.5. The number of pyridine rings is 1. The summed E-state index contributed by atoms with van der Waals surface area (Å²) in [5, 5.41) is 6.80. The van der Waals surface area contributed by atoms with E-state index in [2.05, 4.69) is 169 Å². The van der Waals surface area contributed by atoms with Gasteiger partial charge in [-0.1, -0.05) is 152 Å². The Kier molecular flexibility index (Phi) is 5.74. The SMILES string of the molecule is C1=CC2c3ccccc3C3(c4ccccc4-c4c(Oc5c6ccccc6c(-c6cccc7ccccc67)c6cnccc56)cccc43)C2C=C1. The molecule has 50 heavy (non-hydrogen) atoms. The van der Waals surface area contributed by atoms with Gasteiger partial charge in [0, 0.05) is 46.0 Å². The van der Waals surface area contributed by atoms with Crippen LogP contribution >= 0.6 is 0 Å². The molecule has 0 radical (unpaired) electrons. The molecule has 1 spiro atoms. The van der Waals surface area contributed by atoms with Crippen molar-refractivity contribution < 1.29 is 4.74 Å². The molecule has 7 aromatic carbocycles. The zero-order valence-corrected chi connectivity index (χ0v) is 27.3. The molecule has 0 amide bonds. The van der Waals surface area contributed by atoms with Crippen molar-refractivity contribution in [2.45, 2.75) is 11.3 Å². The van der Waals surface area contributed by atoms with E-state index >= 15 is 0 Å². The van der Waals surface area contributed by atoms with Gasteiger partial charge in [0.25, 0.3) is 0 Å². The van der Waals surface area contributed by atoms with Crippen LogP contribution in [0.5, 0.6) is 11.5 Å². The van der Waals surface area contributed by atoms with Crippen molar-refractivity contribution in [1.29, 1.82) is 0 Å². The first-order valence-corrected chi connectivity index (χ1v) is 17.5. The molecule has 2 heteroatoms. The Morgan fingerprint density at radius 3 is 2.12 bits per heavy atom. The average Bonchev–Trinajstić information content (AvgIpc) is 3.66. The van der Waals surface area contributed by atoms with Crippen LogP contribution in [0.15, 0.2) is 176 Å². The first-order chi connectivity index (χ1) is 24.8. The van der Waals surface area contributed by atoms with Crippen LogP contribution in [-0.2, 0) is 5.41 Å². The maximum absolute atomic E-state index is 7.35. The van der Waals surface area contributed by atoms with E-state index < -0.39 is 0 Å². The highest BCUT2D eigenvalue weighted by molar-refractivity contribution is 6.20. The molecule has 1 aromatic heterocycles. The zero-order chi connectivity index (χ0) is 32.8. The average molecular weight is 638 g/mol. The van der Waals surface area contributed by atoms with E-state index in [1.807, 2.05) is 12.4 Å². The lowest BCUT2D eigenvalue weighted by molar-refractivity contribution is 0.462. The van der Waals surface area contributed by atoms with Crippen LogP contribution in [0.25, 0.3) is 54.6 Å². The summed E-state index contributed by atoms with van der Waals surface area (Å²) in [4.78, 5) is 4.66. The molecule has 1 heterocycles. The molecule has 11 rings (SSSR count). The number of fused-ring (bicyclic) bond motifs is 13. The normalized spacial score (nSPS) is 19.5. The minimum Gasteiger partial charge on any atom is -0.455 e. The van der Waals surface area contributed by atoms with E-state index in [1.54, 1.807) is 0 Å². The minimum atomic E-state index is -0.305. The van der Waals surface area contributed by atoms with Gasteiger partial charge in [-0.3, -0.25) is 4.98 Å². The number of hydrogen-bond donors (Lipinski definition) is 0. The highest BCUT2D eigenvalue weighted by Crippen LogP contribution is 2.66. The Morgan fingerprint density at radius 2 is 1.18 bits per heavy atom. The van der Waals surface area contributed by atoms with E-state index in [4.69, 9.17) is 4.74 Å². The summed E-state index contributed by atoms with van der Waals surface area (Å²) in [6, 6.07) is 50.8. The van der Waals surface area contributed by atoms with Crippen LogP contribution in [0.3, 0.4) is 0 Å². The number of benzene rings is 7. The molecule has 8 aromatic rings. The fourth-order valence-electron chi connectivity index (χ4n) is 9.64. The zero-order valence-electron chi connectivity index (χ0n) is 27.3. The van der Waals surface area contributed by atoms with Crippen LogP contribution in [0.1, 0.15) is 28.2 Å². The molecule has 0 aliphatic heterocycles. The van der Waals surface area contributed by atoms with E-state index in [0.29, 0.717) is 5.92 Å². The number of aromatic nitrogens is 1. The highest BCUT2D eigenvalue weighted by Gasteiger charge is 2.57. The topological polar surface area (TPSA) is 22.1 Å². The third-order valence-electron chi connectivity index (χ3n) is 11.5. The largest absolute Gasteiger partial charge is 0.455 e. The number of allylic oxidation sites excluding steroid dienone is 4. The van der Waals surface area contributed by atoms with Gasteiger partial charge in [-0.15, -0.1) is 0 Å². The summed E-state index contributed by atoms with van der Waals surface area (Å²) in [6.45, 7) is 0. The molecule has 0 saturated heterocycles. The van der Waals surface area contributed by atoms with Crippen LogP contribution in [0.4, 0.5) is 0 Å². The smallest absolute Gasteiger partial charge is 0.143 e. The molecular formula is C48H31NO. The van der Waals surface area contributed by atoms with Gasteiger partial charge in [-0.25, -0.2) is 0 Å². The molecule has 2 nitrogen and oxygen atoms in total. The molecule has 0 fully saturated rings. The molecule has 3 aliphatic carbocycles. The number of rotatable bonds is 3. The lowest BCUT2D eigenvalue weighted by atomic mass is 9.65. The van der Waals surface area contributed by atoms with E-state index in [-0.39, 0.29) is 11.3 Å². The van der Waals surface area contributed by atoms with Gasteiger partial charge in [-0.2, -0.15) is 0 Å². The fraction of sp³-hybridized carbons (Fsp3) is 0.0625. The van der Waals surface area contributed by atoms with Gasteiger partial charge < -0.3 is 4.74 Å². The first-order valence-electron chi connectivity index (χ1n) is 17.5. The van der Waals surface area contributed by atoms with Crippen molar-refractivity contribution >= 4 is 32.3 Å². The summed E-state index contributed by atoms with van der Waals surface area (Å²) in [5.74, 6) is 2.33. The Hall–Kier alpha value is -6.25. The van der Waals surface area contributed by atoms with E-state index in [9.17, 15) is 0 Å². The third kappa shape index (κ3) is 3.55. The predicted octanol–water partition coefficient (Wildman–Crippen LogP) is 12.2. The van der Waals surface area contributed by atoms with Crippen molar-refractivity contribution in [2.24, 2.45) is 5.92 Å². The van der Waals surface area contributed by atoms with Crippen molar-refractivity contribution in [3.05, 3.63) is 198 Å². The lowest BCUT2D eigenvalue weighted by Gasteiger charge is -2.36. The summed E-state index contributed by atoms with van der Waals surface area (Å²) in [6.07, 6.45) is 13.2. The van der Waals surface area contributed by atoms with Crippen LogP contribution < -0.4 is 4.74 Å². The summed E-state index contributed by atoms with van der Waals surface area (Å²) in [7, 11) is 0. The van der Waals surface area contributed by atoms with Gasteiger partial charge in [0.05, 0.1) is 5.41 Å². The van der Waals surface area contributed by atoms with E-state index in [1.165, 1.54) is 55.3 Å². The molecule has 0 saturated carbocycles. The van der Waals surface area contributed by atoms with Crippen molar-refractivity contribution in [3.8, 4) is 33.8 Å². The van der Waals surface area contributed by atoms with Gasteiger partial charge in [0.1, 0.15) is 11.5 Å². The summed E-state index contributed by atoms with van der Waals surface area (Å²) in [5.41, 5.74) is 10.0. The van der Waals surface area contributed by atoms with Gasteiger partial charge in [0.15, 0.2) is 0 Å². The van der Waals surface area contributed by atoms with Crippen molar-refractivity contribution in [2.75, 3.05) is 0 Å². The first kappa shape index (κ1) is 27.7. The molecule has 3 atom stereocenters. The second-order valence-corrected chi connectivity index (χ2v) is 13.7. The standard InChI is InChI=1S/C48H31NO/c1-2-15-31-30(13-1)14-11-21-34(31)45-35-18-3-4-19-36(35)47(37-27-28-49-29-39(37)45)50-44-26-12-25-43-46(44)38-20-7-10-24-42(38)48(43)40-22-8-5-16-32(40)33-17-6-9-23-41(33)48/h1-29,32,40H. The quantitative estimate of drug-likeness (QED) is 0.180. The monoisotopic (exact) mass is 637 g/mol. The van der Waals surface area contributed by atoms with Gasteiger partial charge >= 0.3 is 0 Å². The summed E-state index contributed by atoms with van der Waals surface area (Å²) >= 11 is 0. The molecular weight excluding hydrogens is 607 g/mol. The van der Waals surface area contributed by atoms with Crippen LogP contribution in [0, 0.1) is 5.92 Å². The number of hydrogen-bond acceptors (Lipinski definition) is 2. The molecule has 3 unspecified atom stereocenters. The van der Waals surface area contributed by atoms with Crippen molar-refractivity contribution in [3.63, 3.8) is 0 Å². The molecule has 0 N–H and O–H groups in total. The molecule has 0 bridgehead atoms. The summed E-state index contributed by atoms with van der Waals surface area (Å²) < 4.78 is 7.35.